The van der Waals surface area contributed by atoms with E-state index in [2.05, 4.69) is 5.32 Å². The summed E-state index contributed by atoms with van der Waals surface area (Å²) in [5.74, 6) is -1.04. The van der Waals surface area contributed by atoms with Crippen LogP contribution in [0.15, 0.2) is 59.2 Å². The minimum Gasteiger partial charge on any atom is -0.459 e. The van der Waals surface area contributed by atoms with Gasteiger partial charge in [-0.1, -0.05) is 23.7 Å². The molecule has 28 heavy (non-hydrogen) atoms. The molecule has 0 aliphatic carbocycles. The van der Waals surface area contributed by atoms with Gasteiger partial charge in [-0.3, -0.25) is 9.59 Å². The lowest BCUT2D eigenvalue weighted by atomic mass is 10.1. The van der Waals surface area contributed by atoms with Crippen molar-refractivity contribution in [1.82, 2.24) is 4.90 Å². The Hall–Kier alpha value is -3.12. The summed E-state index contributed by atoms with van der Waals surface area (Å²) in [7, 11) is 1.56. The van der Waals surface area contributed by atoms with Crippen molar-refractivity contribution >= 4 is 29.1 Å². The maximum absolute atomic E-state index is 14.0. The Kier molecular flexibility index (Phi) is 5.80. The molecule has 3 rings (SSSR count). The van der Waals surface area contributed by atoms with Crippen LogP contribution in [0.5, 0.6) is 0 Å². The van der Waals surface area contributed by atoms with E-state index in [1.165, 1.54) is 23.3 Å². The lowest BCUT2D eigenvalue weighted by Crippen LogP contribution is -2.27. The fourth-order valence-electron chi connectivity index (χ4n) is 2.69. The third kappa shape index (κ3) is 4.23. The number of amides is 2. The zero-order valence-corrected chi connectivity index (χ0v) is 16.1. The number of halogens is 2. The molecule has 2 aromatic carbocycles. The standard InChI is InChI=1S/C21H18ClFN2O3/c1-13-8-9-14(11-18(13)24-20(26)19-7-4-10-28-19)21(27)25(2)12-15-16(22)5-3-6-17(15)23/h3-11H,12H2,1-2H3,(H,24,26). The summed E-state index contributed by atoms with van der Waals surface area (Å²) in [6, 6.07) is 12.5. The van der Waals surface area contributed by atoms with Crippen molar-refractivity contribution < 1.29 is 18.4 Å². The van der Waals surface area contributed by atoms with Crippen molar-refractivity contribution in [3.05, 3.63) is 88.1 Å². The molecule has 0 radical (unpaired) electrons. The Labute approximate surface area is 166 Å². The van der Waals surface area contributed by atoms with Crippen LogP contribution < -0.4 is 5.32 Å². The summed E-state index contributed by atoms with van der Waals surface area (Å²) in [5, 5.41) is 2.99. The lowest BCUT2D eigenvalue weighted by Gasteiger charge is -2.19. The first-order valence-electron chi connectivity index (χ1n) is 8.50. The average molecular weight is 401 g/mol. The number of anilines is 1. The minimum absolute atomic E-state index is 0.0201. The molecular formula is C21H18ClFN2O3. The third-order valence-corrected chi connectivity index (χ3v) is 4.64. The number of hydrogen-bond acceptors (Lipinski definition) is 3. The van der Waals surface area contributed by atoms with Gasteiger partial charge in [-0.2, -0.15) is 0 Å². The van der Waals surface area contributed by atoms with Crippen molar-refractivity contribution in [3.8, 4) is 0 Å². The van der Waals surface area contributed by atoms with Crippen LogP contribution in [0.2, 0.25) is 5.02 Å². The van der Waals surface area contributed by atoms with E-state index in [1.807, 2.05) is 6.92 Å². The molecule has 0 unspecified atom stereocenters. The van der Waals surface area contributed by atoms with Crippen LogP contribution in [0, 0.1) is 12.7 Å². The van der Waals surface area contributed by atoms with Crippen molar-refractivity contribution in [1.29, 1.82) is 0 Å². The normalized spacial score (nSPS) is 10.6. The Bertz CT molecular complexity index is 998. The SMILES string of the molecule is Cc1ccc(C(=O)N(C)Cc2c(F)cccc2Cl)cc1NC(=O)c1ccco1. The maximum atomic E-state index is 14.0. The predicted octanol–water partition coefficient (Wildman–Crippen LogP) is 4.91. The van der Waals surface area contributed by atoms with Gasteiger partial charge < -0.3 is 14.6 Å². The topological polar surface area (TPSA) is 62.6 Å². The average Bonchev–Trinajstić information content (AvgIpc) is 3.21. The Morgan fingerprint density at radius 3 is 2.64 bits per heavy atom. The van der Waals surface area contributed by atoms with Gasteiger partial charge in [-0.25, -0.2) is 4.39 Å². The minimum atomic E-state index is -0.470. The van der Waals surface area contributed by atoms with E-state index < -0.39 is 11.7 Å². The van der Waals surface area contributed by atoms with Gasteiger partial charge in [0.05, 0.1) is 6.26 Å². The van der Waals surface area contributed by atoms with Gasteiger partial charge in [0.1, 0.15) is 5.82 Å². The highest BCUT2D eigenvalue weighted by Crippen LogP contribution is 2.23. The van der Waals surface area contributed by atoms with Gasteiger partial charge in [0.15, 0.2) is 5.76 Å². The zero-order valence-electron chi connectivity index (χ0n) is 15.3. The van der Waals surface area contributed by atoms with Gasteiger partial charge in [-0.15, -0.1) is 0 Å². The second kappa shape index (κ2) is 8.27. The van der Waals surface area contributed by atoms with Gasteiger partial charge in [0, 0.05) is 35.4 Å². The Balaban J connectivity index is 1.79. The number of nitrogens with one attached hydrogen (secondary N) is 1. The van der Waals surface area contributed by atoms with Crippen molar-refractivity contribution in [3.63, 3.8) is 0 Å². The number of carbonyl (C=O) groups is 2. The van der Waals surface area contributed by atoms with Crippen LogP contribution in [0.4, 0.5) is 10.1 Å². The highest BCUT2D eigenvalue weighted by molar-refractivity contribution is 6.31. The molecular weight excluding hydrogens is 383 g/mol. The number of hydrogen-bond donors (Lipinski definition) is 1. The molecule has 5 nitrogen and oxygen atoms in total. The molecule has 0 aliphatic rings. The number of nitrogens with zero attached hydrogens (tertiary/aromatic N) is 1. The van der Waals surface area contributed by atoms with Gasteiger partial charge in [0.25, 0.3) is 11.8 Å². The number of carbonyl (C=O) groups excluding carboxylic acids is 2. The maximum Gasteiger partial charge on any atom is 0.291 e. The van der Waals surface area contributed by atoms with Gasteiger partial charge >= 0.3 is 0 Å². The van der Waals surface area contributed by atoms with Crippen LogP contribution in [-0.4, -0.2) is 23.8 Å². The third-order valence-electron chi connectivity index (χ3n) is 4.28. The molecule has 7 heteroatoms. The molecule has 1 N–H and O–H groups in total. The number of rotatable bonds is 5. The van der Waals surface area contributed by atoms with E-state index in [4.69, 9.17) is 16.0 Å². The fraction of sp³-hybridized carbons (Fsp3) is 0.143. The molecule has 1 aromatic heterocycles. The summed E-state index contributed by atoms with van der Waals surface area (Å²) in [4.78, 5) is 26.3. The number of aryl methyl sites for hydroxylation is 1. The van der Waals surface area contributed by atoms with E-state index in [-0.39, 0.29) is 28.8 Å². The van der Waals surface area contributed by atoms with Crippen LogP contribution in [0.3, 0.4) is 0 Å². The molecule has 0 saturated heterocycles. The Morgan fingerprint density at radius 1 is 1.18 bits per heavy atom. The molecule has 0 aliphatic heterocycles. The van der Waals surface area contributed by atoms with Crippen LogP contribution in [0.25, 0.3) is 0 Å². The quantitative estimate of drug-likeness (QED) is 0.662. The summed E-state index contributed by atoms with van der Waals surface area (Å²) >= 11 is 6.04. The van der Waals surface area contributed by atoms with Crippen LogP contribution >= 0.6 is 11.6 Å². The molecule has 2 amide bonds. The predicted molar refractivity (Wildman–Crippen MR) is 105 cm³/mol. The summed E-state index contributed by atoms with van der Waals surface area (Å²) in [5.41, 5.74) is 1.88. The highest BCUT2D eigenvalue weighted by Gasteiger charge is 2.18. The van der Waals surface area contributed by atoms with Crippen molar-refractivity contribution in [2.45, 2.75) is 13.5 Å². The van der Waals surface area contributed by atoms with Gasteiger partial charge in [-0.05, 0) is 48.9 Å². The molecule has 3 aromatic rings. The summed E-state index contributed by atoms with van der Waals surface area (Å²) in [6.45, 7) is 1.83. The molecule has 0 bridgehead atoms. The number of benzene rings is 2. The second-order valence-electron chi connectivity index (χ2n) is 6.32. The highest BCUT2D eigenvalue weighted by atomic mass is 35.5. The fourth-order valence-corrected chi connectivity index (χ4v) is 2.92. The molecule has 0 fully saturated rings. The van der Waals surface area contributed by atoms with Crippen LogP contribution in [0.1, 0.15) is 32.0 Å². The molecule has 0 spiro atoms. The Morgan fingerprint density at radius 2 is 1.96 bits per heavy atom. The summed E-state index contributed by atoms with van der Waals surface area (Å²) in [6.07, 6.45) is 1.41. The monoisotopic (exact) mass is 400 g/mol. The first kappa shape index (κ1) is 19.6. The van der Waals surface area contributed by atoms with Crippen molar-refractivity contribution in [2.24, 2.45) is 0 Å². The molecule has 0 saturated carbocycles. The number of furan rings is 1. The van der Waals surface area contributed by atoms with Crippen LogP contribution in [-0.2, 0) is 6.54 Å². The molecule has 1 heterocycles. The van der Waals surface area contributed by atoms with Crippen molar-refractivity contribution in [2.75, 3.05) is 12.4 Å². The first-order valence-corrected chi connectivity index (χ1v) is 8.88. The zero-order chi connectivity index (χ0) is 20.3. The van der Waals surface area contributed by atoms with E-state index in [1.54, 1.807) is 43.4 Å². The summed E-state index contributed by atoms with van der Waals surface area (Å²) < 4.78 is 19.1. The molecule has 144 valence electrons. The van der Waals surface area contributed by atoms with Gasteiger partial charge in [0.2, 0.25) is 0 Å². The van der Waals surface area contributed by atoms with E-state index in [0.29, 0.717) is 11.3 Å². The second-order valence-corrected chi connectivity index (χ2v) is 6.73. The smallest absolute Gasteiger partial charge is 0.291 e. The van der Waals surface area contributed by atoms with E-state index >= 15 is 0 Å². The van der Waals surface area contributed by atoms with E-state index in [9.17, 15) is 14.0 Å². The van der Waals surface area contributed by atoms with E-state index in [0.717, 1.165) is 5.56 Å². The lowest BCUT2D eigenvalue weighted by molar-refractivity contribution is 0.0783. The first-order chi connectivity index (χ1) is 13.4. The molecule has 0 atom stereocenters. The largest absolute Gasteiger partial charge is 0.459 e.